The number of halogens is 1. The third-order valence-electron chi connectivity index (χ3n) is 7.18. The molecular weight excluding hydrogens is 503 g/mol. The number of nitrogens with zero attached hydrogens (tertiary/aromatic N) is 4. The first-order chi connectivity index (χ1) is 18.9. The van der Waals surface area contributed by atoms with Crippen LogP contribution in [0.1, 0.15) is 38.5 Å². The summed E-state index contributed by atoms with van der Waals surface area (Å²) in [5.41, 5.74) is 1.14. The number of aromatic nitrogens is 3. The Morgan fingerprint density at radius 1 is 0.974 bits per heavy atom. The minimum Gasteiger partial charge on any atom is -0.493 e. The van der Waals surface area contributed by atoms with Crippen LogP contribution in [-0.2, 0) is 0 Å². The molecule has 11 heteroatoms. The number of nitrogens with one attached hydrogen (secondary N) is 2. The Kier molecular flexibility index (Phi) is 8.27. The predicted octanol–water partition coefficient (Wildman–Crippen LogP) is 4.66. The largest absolute Gasteiger partial charge is 0.493 e. The number of aliphatic hydroxyl groups excluding tert-OH is 1. The molecule has 3 aromatic rings. The lowest BCUT2D eigenvalue weighted by atomic mass is 9.88. The van der Waals surface area contributed by atoms with Crippen LogP contribution in [0.4, 0.5) is 27.5 Å². The van der Waals surface area contributed by atoms with Crippen LogP contribution in [0.25, 0.3) is 0 Å². The van der Waals surface area contributed by atoms with E-state index in [4.69, 9.17) is 14.2 Å². The average Bonchev–Trinajstić information content (AvgIpc) is 2.89. The van der Waals surface area contributed by atoms with Crippen molar-refractivity contribution in [3.8, 4) is 17.4 Å². The molecule has 1 aromatic carbocycles. The van der Waals surface area contributed by atoms with Gasteiger partial charge < -0.3 is 34.9 Å². The van der Waals surface area contributed by atoms with Crippen LogP contribution < -0.4 is 24.8 Å². The SMILES string of the molecule is COc1cc(Nc2nccc(Nc3cnc(O[C@H]4CCCC[C@H]4O)c(F)c3)n2)ccc1OC1CC(N(C)C)C1. The zero-order valence-electron chi connectivity index (χ0n) is 22.4. The topological polar surface area (TPSA) is 114 Å². The number of ether oxygens (including phenoxy) is 3. The number of benzene rings is 1. The summed E-state index contributed by atoms with van der Waals surface area (Å²) in [6.45, 7) is 0. The van der Waals surface area contributed by atoms with Gasteiger partial charge in [-0.15, -0.1) is 0 Å². The van der Waals surface area contributed by atoms with Crippen molar-refractivity contribution in [3.63, 3.8) is 0 Å². The van der Waals surface area contributed by atoms with Crippen molar-refractivity contribution >= 4 is 23.1 Å². The molecule has 3 N–H and O–H groups in total. The van der Waals surface area contributed by atoms with E-state index in [-0.39, 0.29) is 12.0 Å². The van der Waals surface area contributed by atoms with Gasteiger partial charge in [0.05, 0.1) is 25.1 Å². The standard InChI is InChI=1S/C28H35FN6O4/c1-35(2)19-14-20(15-19)38-24-9-8-17(13-25(24)37-3)33-28-30-11-10-26(34-28)32-18-12-21(29)27(31-16-18)39-23-7-5-4-6-22(23)36/h8-13,16,19-20,22-23,36H,4-7,14-15H2,1-3H3,(H2,30,32,33,34)/t19?,20?,22-,23+/m1/s1. The second-order valence-corrected chi connectivity index (χ2v) is 10.2. The third-order valence-corrected chi connectivity index (χ3v) is 7.18. The third kappa shape index (κ3) is 6.66. The Labute approximate surface area is 227 Å². The number of methoxy groups -OCH3 is 1. The fourth-order valence-electron chi connectivity index (χ4n) is 4.78. The molecule has 208 valence electrons. The highest BCUT2D eigenvalue weighted by molar-refractivity contribution is 5.62. The summed E-state index contributed by atoms with van der Waals surface area (Å²) < 4.78 is 32.0. The van der Waals surface area contributed by atoms with Gasteiger partial charge in [0.15, 0.2) is 17.3 Å². The lowest BCUT2D eigenvalue weighted by Gasteiger charge is -2.39. The molecule has 2 atom stereocenters. The Bertz CT molecular complexity index is 1270. The summed E-state index contributed by atoms with van der Waals surface area (Å²) in [4.78, 5) is 15.1. The molecule has 5 rings (SSSR count). The summed E-state index contributed by atoms with van der Waals surface area (Å²) >= 11 is 0. The molecule has 0 spiro atoms. The Hall–Kier alpha value is -3.70. The minimum absolute atomic E-state index is 0.118. The van der Waals surface area contributed by atoms with Crippen LogP contribution in [0.15, 0.2) is 42.7 Å². The van der Waals surface area contributed by atoms with Gasteiger partial charge in [0.1, 0.15) is 18.0 Å². The van der Waals surface area contributed by atoms with Crippen molar-refractivity contribution in [2.75, 3.05) is 31.8 Å². The van der Waals surface area contributed by atoms with Crippen LogP contribution >= 0.6 is 0 Å². The van der Waals surface area contributed by atoms with Crippen molar-refractivity contribution in [2.24, 2.45) is 0 Å². The Morgan fingerprint density at radius 2 is 1.79 bits per heavy atom. The van der Waals surface area contributed by atoms with Crippen molar-refractivity contribution < 1.29 is 23.7 Å². The van der Waals surface area contributed by atoms with E-state index in [2.05, 4.69) is 44.6 Å². The summed E-state index contributed by atoms with van der Waals surface area (Å²) in [6.07, 6.45) is 7.38. The van der Waals surface area contributed by atoms with Gasteiger partial charge in [-0.25, -0.2) is 14.4 Å². The van der Waals surface area contributed by atoms with E-state index in [1.165, 1.54) is 12.3 Å². The highest BCUT2D eigenvalue weighted by Gasteiger charge is 2.32. The maximum Gasteiger partial charge on any atom is 0.250 e. The Balaban J connectivity index is 1.20. The molecule has 0 amide bonds. The fraction of sp³-hybridized carbons (Fsp3) is 0.464. The van der Waals surface area contributed by atoms with Crippen LogP contribution in [0.5, 0.6) is 17.4 Å². The first-order valence-corrected chi connectivity index (χ1v) is 13.3. The molecule has 2 aromatic heterocycles. The van der Waals surface area contributed by atoms with E-state index in [9.17, 15) is 9.50 Å². The molecule has 2 aliphatic rings. The van der Waals surface area contributed by atoms with E-state index in [1.54, 1.807) is 19.4 Å². The summed E-state index contributed by atoms with van der Waals surface area (Å²) in [6, 6.07) is 9.10. The van der Waals surface area contributed by atoms with Crippen LogP contribution in [0.3, 0.4) is 0 Å². The van der Waals surface area contributed by atoms with E-state index >= 15 is 0 Å². The summed E-state index contributed by atoms with van der Waals surface area (Å²) in [5, 5.41) is 16.3. The highest BCUT2D eigenvalue weighted by atomic mass is 19.1. The number of anilines is 4. The second-order valence-electron chi connectivity index (χ2n) is 10.2. The van der Waals surface area contributed by atoms with Gasteiger partial charge in [0.2, 0.25) is 5.95 Å². The first-order valence-electron chi connectivity index (χ1n) is 13.3. The quantitative estimate of drug-likeness (QED) is 0.337. The number of hydrogen-bond donors (Lipinski definition) is 3. The normalized spacial score (nSPS) is 22.6. The monoisotopic (exact) mass is 538 g/mol. The fourth-order valence-corrected chi connectivity index (χ4v) is 4.78. The molecule has 2 aliphatic carbocycles. The van der Waals surface area contributed by atoms with Crippen LogP contribution in [0.2, 0.25) is 0 Å². The van der Waals surface area contributed by atoms with Crippen molar-refractivity contribution in [1.82, 2.24) is 19.9 Å². The molecule has 0 unspecified atom stereocenters. The van der Waals surface area contributed by atoms with E-state index in [0.717, 1.165) is 31.4 Å². The average molecular weight is 539 g/mol. The Morgan fingerprint density at radius 3 is 2.54 bits per heavy atom. The molecule has 2 heterocycles. The first kappa shape index (κ1) is 26.9. The lowest BCUT2D eigenvalue weighted by Crippen LogP contribution is -2.46. The van der Waals surface area contributed by atoms with Crippen LogP contribution in [-0.4, -0.2) is 70.5 Å². The van der Waals surface area contributed by atoms with Gasteiger partial charge in [-0.2, -0.15) is 4.98 Å². The number of pyridine rings is 1. The summed E-state index contributed by atoms with van der Waals surface area (Å²) in [5.74, 6) is 1.39. The number of aliphatic hydroxyl groups is 1. The van der Waals surface area contributed by atoms with Crippen molar-refractivity contribution in [2.45, 2.75) is 62.9 Å². The second kappa shape index (κ2) is 12.0. The molecule has 10 nitrogen and oxygen atoms in total. The molecule has 0 aliphatic heterocycles. The van der Waals surface area contributed by atoms with E-state index in [1.807, 2.05) is 18.2 Å². The number of hydrogen-bond acceptors (Lipinski definition) is 10. The minimum atomic E-state index is -0.612. The molecule has 2 saturated carbocycles. The molecular formula is C28H35FN6O4. The van der Waals surface area contributed by atoms with Crippen molar-refractivity contribution in [3.05, 3.63) is 48.5 Å². The van der Waals surface area contributed by atoms with Gasteiger partial charge in [-0.1, -0.05) is 6.42 Å². The highest BCUT2D eigenvalue weighted by Crippen LogP contribution is 2.36. The van der Waals surface area contributed by atoms with Gasteiger partial charge in [0.25, 0.3) is 5.88 Å². The lowest BCUT2D eigenvalue weighted by molar-refractivity contribution is 0.00247. The predicted molar refractivity (Wildman–Crippen MR) is 146 cm³/mol. The smallest absolute Gasteiger partial charge is 0.250 e. The van der Waals surface area contributed by atoms with Gasteiger partial charge >= 0.3 is 0 Å². The molecule has 0 bridgehead atoms. The van der Waals surface area contributed by atoms with Gasteiger partial charge in [-0.05, 0) is 64.4 Å². The zero-order chi connectivity index (χ0) is 27.4. The van der Waals surface area contributed by atoms with E-state index < -0.39 is 18.0 Å². The maximum absolute atomic E-state index is 14.7. The van der Waals surface area contributed by atoms with E-state index in [0.29, 0.717) is 47.8 Å². The van der Waals surface area contributed by atoms with Gasteiger partial charge in [-0.3, -0.25) is 0 Å². The van der Waals surface area contributed by atoms with Gasteiger partial charge in [0, 0.05) is 30.1 Å². The molecule has 39 heavy (non-hydrogen) atoms. The maximum atomic E-state index is 14.7. The molecule has 0 radical (unpaired) electrons. The molecule has 2 fully saturated rings. The summed E-state index contributed by atoms with van der Waals surface area (Å²) in [7, 11) is 5.77. The zero-order valence-corrected chi connectivity index (χ0v) is 22.4. The number of rotatable bonds is 10. The van der Waals surface area contributed by atoms with Crippen molar-refractivity contribution in [1.29, 1.82) is 0 Å². The van der Waals surface area contributed by atoms with Crippen LogP contribution in [0, 0.1) is 5.82 Å². The molecule has 0 saturated heterocycles.